The average molecular weight is 310 g/mol. The topological polar surface area (TPSA) is 72.6 Å². The van der Waals surface area contributed by atoms with E-state index in [0.29, 0.717) is 17.0 Å². The number of hydrogen-bond acceptors (Lipinski definition) is 4. The van der Waals surface area contributed by atoms with E-state index in [-0.39, 0.29) is 23.5 Å². The highest BCUT2D eigenvalue weighted by molar-refractivity contribution is 7.12. The van der Waals surface area contributed by atoms with Gasteiger partial charge in [-0.05, 0) is 19.4 Å². The van der Waals surface area contributed by atoms with Gasteiger partial charge in [0.05, 0.1) is 16.5 Å². The van der Waals surface area contributed by atoms with Gasteiger partial charge in [-0.25, -0.2) is 0 Å². The zero-order chi connectivity index (χ0) is 15.8. The average Bonchev–Trinajstić information content (AvgIpc) is 2.91. The van der Waals surface area contributed by atoms with Crippen molar-refractivity contribution in [3.63, 3.8) is 0 Å². The first-order valence-corrected chi connectivity index (χ1v) is 7.94. The fraction of sp³-hybridized carbons (Fsp3) is 0.600. The monoisotopic (exact) mass is 310 g/mol. The Morgan fingerprint density at radius 2 is 2.19 bits per heavy atom. The SMILES string of the molecule is CCO[C@@H]1C[C@@H](N(C)C(=O)c2cc(C(N)=O)cs2)C1(C)C. The number of carbonyl (C=O) groups is 2. The minimum absolute atomic E-state index is 0.0653. The molecular weight excluding hydrogens is 288 g/mol. The molecule has 1 fully saturated rings. The van der Waals surface area contributed by atoms with Gasteiger partial charge in [-0.1, -0.05) is 13.8 Å². The van der Waals surface area contributed by atoms with E-state index in [2.05, 4.69) is 13.8 Å². The highest BCUT2D eigenvalue weighted by Gasteiger charge is 2.51. The maximum Gasteiger partial charge on any atom is 0.263 e. The van der Waals surface area contributed by atoms with Gasteiger partial charge in [-0.15, -0.1) is 11.3 Å². The lowest BCUT2D eigenvalue weighted by molar-refractivity contribution is -0.136. The molecule has 1 saturated carbocycles. The van der Waals surface area contributed by atoms with Gasteiger partial charge in [0.25, 0.3) is 5.91 Å². The molecule has 6 heteroatoms. The van der Waals surface area contributed by atoms with Crippen molar-refractivity contribution in [2.75, 3.05) is 13.7 Å². The lowest BCUT2D eigenvalue weighted by atomic mass is 9.64. The molecule has 5 nitrogen and oxygen atoms in total. The molecule has 1 aromatic rings. The van der Waals surface area contributed by atoms with Gasteiger partial charge in [0.15, 0.2) is 0 Å². The highest BCUT2D eigenvalue weighted by atomic mass is 32.1. The third-order valence-electron chi connectivity index (χ3n) is 4.38. The number of nitrogens with zero attached hydrogens (tertiary/aromatic N) is 1. The third kappa shape index (κ3) is 2.82. The molecule has 0 unspecified atom stereocenters. The summed E-state index contributed by atoms with van der Waals surface area (Å²) < 4.78 is 5.70. The Morgan fingerprint density at radius 3 is 2.67 bits per heavy atom. The minimum Gasteiger partial charge on any atom is -0.378 e. The van der Waals surface area contributed by atoms with E-state index in [1.54, 1.807) is 23.4 Å². The second-order valence-electron chi connectivity index (χ2n) is 6.00. The molecule has 2 atom stereocenters. The summed E-state index contributed by atoms with van der Waals surface area (Å²) in [7, 11) is 1.81. The van der Waals surface area contributed by atoms with Crippen LogP contribution in [0.4, 0.5) is 0 Å². The van der Waals surface area contributed by atoms with Crippen LogP contribution in [-0.4, -0.2) is 42.5 Å². The quantitative estimate of drug-likeness (QED) is 0.905. The number of thiophene rings is 1. The smallest absolute Gasteiger partial charge is 0.263 e. The van der Waals surface area contributed by atoms with Crippen LogP contribution >= 0.6 is 11.3 Å². The van der Waals surface area contributed by atoms with E-state index in [4.69, 9.17) is 10.5 Å². The van der Waals surface area contributed by atoms with Crippen molar-refractivity contribution in [2.24, 2.45) is 11.1 Å². The van der Waals surface area contributed by atoms with Crippen LogP contribution < -0.4 is 5.73 Å². The van der Waals surface area contributed by atoms with Crippen molar-refractivity contribution in [1.29, 1.82) is 0 Å². The molecule has 1 heterocycles. The number of rotatable bonds is 5. The summed E-state index contributed by atoms with van der Waals surface area (Å²) in [6.45, 7) is 6.91. The number of ether oxygens (including phenoxy) is 1. The Hall–Kier alpha value is -1.40. The first kappa shape index (κ1) is 16.0. The molecule has 1 aromatic heterocycles. The second-order valence-corrected chi connectivity index (χ2v) is 6.91. The van der Waals surface area contributed by atoms with Crippen LogP contribution in [0.1, 0.15) is 47.2 Å². The molecule has 0 bridgehead atoms. The zero-order valence-electron chi connectivity index (χ0n) is 12.9. The van der Waals surface area contributed by atoms with Crippen molar-refractivity contribution in [2.45, 2.75) is 39.3 Å². The van der Waals surface area contributed by atoms with E-state index in [9.17, 15) is 9.59 Å². The highest BCUT2D eigenvalue weighted by Crippen LogP contribution is 2.45. The normalized spacial score (nSPS) is 23.4. The summed E-state index contributed by atoms with van der Waals surface area (Å²) in [5.41, 5.74) is 5.54. The summed E-state index contributed by atoms with van der Waals surface area (Å²) >= 11 is 1.25. The van der Waals surface area contributed by atoms with E-state index >= 15 is 0 Å². The van der Waals surface area contributed by atoms with E-state index in [1.807, 2.05) is 6.92 Å². The Balaban J connectivity index is 2.08. The van der Waals surface area contributed by atoms with Gasteiger partial charge in [-0.2, -0.15) is 0 Å². The van der Waals surface area contributed by atoms with Crippen molar-refractivity contribution >= 4 is 23.2 Å². The number of hydrogen-bond donors (Lipinski definition) is 1. The lowest BCUT2D eigenvalue weighted by Crippen LogP contribution is -2.62. The van der Waals surface area contributed by atoms with E-state index in [0.717, 1.165) is 6.42 Å². The van der Waals surface area contributed by atoms with Crippen LogP contribution in [0.3, 0.4) is 0 Å². The molecule has 21 heavy (non-hydrogen) atoms. The van der Waals surface area contributed by atoms with E-state index < -0.39 is 5.91 Å². The molecule has 0 spiro atoms. The van der Waals surface area contributed by atoms with Crippen LogP contribution in [0.2, 0.25) is 0 Å². The molecule has 0 saturated heterocycles. The lowest BCUT2D eigenvalue weighted by Gasteiger charge is -2.54. The first-order valence-electron chi connectivity index (χ1n) is 7.06. The maximum absolute atomic E-state index is 12.5. The number of nitrogens with two attached hydrogens (primary N) is 1. The first-order chi connectivity index (χ1) is 9.78. The summed E-state index contributed by atoms with van der Waals surface area (Å²) in [5, 5.41) is 1.62. The molecular formula is C15H22N2O3S. The van der Waals surface area contributed by atoms with Gasteiger partial charge >= 0.3 is 0 Å². The zero-order valence-corrected chi connectivity index (χ0v) is 13.7. The second kappa shape index (κ2) is 5.77. The van der Waals surface area contributed by atoms with Crippen LogP contribution in [0.15, 0.2) is 11.4 Å². The molecule has 1 aliphatic carbocycles. The van der Waals surface area contributed by atoms with Crippen molar-refractivity contribution in [3.05, 3.63) is 21.9 Å². The van der Waals surface area contributed by atoms with Crippen molar-refractivity contribution in [1.82, 2.24) is 4.90 Å². The molecule has 1 aliphatic rings. The molecule has 2 amide bonds. The number of carbonyl (C=O) groups excluding carboxylic acids is 2. The van der Waals surface area contributed by atoms with Gasteiger partial charge in [0.1, 0.15) is 0 Å². The van der Waals surface area contributed by atoms with Gasteiger partial charge in [0.2, 0.25) is 5.91 Å². The summed E-state index contributed by atoms with van der Waals surface area (Å²) in [6, 6.07) is 1.71. The standard InChI is InChI=1S/C15H22N2O3S/c1-5-20-12-7-11(15(12,2)3)17(4)14(19)10-6-9(8-21-10)13(16)18/h6,8,11-12H,5,7H2,1-4H3,(H2,16,18)/t11-,12-/m1/s1. The Bertz CT molecular complexity index is 553. The van der Waals surface area contributed by atoms with Crippen LogP contribution in [0, 0.1) is 5.41 Å². The maximum atomic E-state index is 12.5. The number of amides is 2. The fourth-order valence-electron chi connectivity index (χ4n) is 2.90. The molecule has 2 rings (SSSR count). The van der Waals surface area contributed by atoms with E-state index in [1.165, 1.54) is 11.3 Å². The summed E-state index contributed by atoms with van der Waals surface area (Å²) in [6.07, 6.45) is 1.03. The van der Waals surface area contributed by atoms with Crippen LogP contribution in [-0.2, 0) is 4.74 Å². The predicted octanol–water partition coefficient (Wildman–Crippen LogP) is 2.12. The summed E-state index contributed by atoms with van der Waals surface area (Å²) in [4.78, 5) is 25.9. The Labute approximate surface area is 129 Å². The van der Waals surface area contributed by atoms with Gasteiger partial charge in [0, 0.05) is 30.5 Å². The Morgan fingerprint density at radius 1 is 1.52 bits per heavy atom. The fourth-order valence-corrected chi connectivity index (χ4v) is 3.78. The minimum atomic E-state index is -0.506. The van der Waals surface area contributed by atoms with Crippen molar-refractivity contribution < 1.29 is 14.3 Å². The molecule has 2 N–H and O–H groups in total. The van der Waals surface area contributed by atoms with Gasteiger partial charge in [-0.3, -0.25) is 9.59 Å². The number of primary amides is 1. The van der Waals surface area contributed by atoms with Gasteiger partial charge < -0.3 is 15.4 Å². The summed E-state index contributed by atoms with van der Waals surface area (Å²) in [5.74, 6) is -0.575. The van der Waals surface area contributed by atoms with Crippen LogP contribution in [0.5, 0.6) is 0 Å². The third-order valence-corrected chi connectivity index (χ3v) is 5.29. The molecule has 0 aliphatic heterocycles. The predicted molar refractivity (Wildman–Crippen MR) is 82.5 cm³/mol. The molecule has 116 valence electrons. The Kier molecular flexibility index (Phi) is 4.39. The largest absolute Gasteiger partial charge is 0.378 e. The van der Waals surface area contributed by atoms with Crippen molar-refractivity contribution in [3.8, 4) is 0 Å². The molecule has 0 aromatic carbocycles. The van der Waals surface area contributed by atoms with Crippen LogP contribution in [0.25, 0.3) is 0 Å². The molecule has 0 radical (unpaired) electrons.